The van der Waals surface area contributed by atoms with E-state index in [2.05, 4.69) is 14.9 Å². The molecule has 4 aromatic carbocycles. The van der Waals surface area contributed by atoms with Crippen LogP contribution in [-0.4, -0.2) is 19.3 Å². The molecular weight excluding hydrogens is 595 g/mol. The van der Waals surface area contributed by atoms with Gasteiger partial charge in [-0.2, -0.15) is 17.2 Å². The molecule has 0 saturated carbocycles. The number of hydrogen-bond donors (Lipinski definition) is 1. The Morgan fingerprint density at radius 2 is 1.61 bits per heavy atom. The Labute approximate surface area is 193 Å². The van der Waals surface area contributed by atoms with Gasteiger partial charge >= 0.3 is 10.2 Å². The summed E-state index contributed by atoms with van der Waals surface area (Å²) >= 11 is 0. The summed E-state index contributed by atoms with van der Waals surface area (Å²) in [7, 11) is -3.83. The molecule has 0 bridgehead atoms. The van der Waals surface area contributed by atoms with Crippen LogP contribution in [0.4, 0.5) is 0 Å². The zero-order chi connectivity index (χ0) is 21.5. The van der Waals surface area contributed by atoms with E-state index in [-0.39, 0.29) is 32.6 Å². The van der Waals surface area contributed by atoms with Crippen LogP contribution in [0.15, 0.2) is 75.2 Å². The molecule has 31 heavy (non-hydrogen) atoms. The zero-order valence-electron chi connectivity index (χ0n) is 16.6. The van der Waals surface area contributed by atoms with E-state index in [1.807, 2.05) is 48.5 Å². The first-order valence-electron chi connectivity index (χ1n) is 9.13. The number of carbonyl (C=O) groups is 1. The van der Waals surface area contributed by atoms with Crippen LogP contribution in [0.3, 0.4) is 0 Å². The molecule has 0 radical (unpaired) electrons. The molecule has 160 valence electrons. The molecule has 1 aliphatic rings. The monoisotopic (exact) mass is 612 g/mol. The minimum absolute atomic E-state index is 0. The smallest absolute Gasteiger partial charge is 0.354 e. The van der Waals surface area contributed by atoms with Crippen molar-refractivity contribution in [2.75, 3.05) is 0 Å². The number of fused-ring (bicyclic) bond motifs is 8. The molecule has 0 aliphatic carbocycles. The van der Waals surface area contributed by atoms with Gasteiger partial charge in [-0.05, 0) is 24.6 Å². The van der Waals surface area contributed by atoms with E-state index in [1.54, 1.807) is 6.07 Å². The largest absolute Gasteiger partial charge is 0.512 e. The topological polar surface area (TPSA) is 96.2 Å². The SMILES string of the molecule is CC(=O)/C=C(/C)O.O=S1(=O)N=c2c(c3c4ccccc4ccc3c3ccc[c-]c23)=N1.[Pt]. The third-order valence-corrected chi connectivity index (χ3v) is 5.43. The van der Waals surface area contributed by atoms with Crippen molar-refractivity contribution in [2.24, 2.45) is 8.80 Å². The van der Waals surface area contributed by atoms with Crippen molar-refractivity contribution in [1.82, 2.24) is 0 Å². The Morgan fingerprint density at radius 3 is 2.29 bits per heavy atom. The summed E-state index contributed by atoms with van der Waals surface area (Å²) in [5, 5.41) is 14.6. The number of hydrogen-bond acceptors (Lipinski definition) is 4. The predicted octanol–water partition coefficient (Wildman–Crippen LogP) is 3.48. The van der Waals surface area contributed by atoms with Gasteiger partial charge in [0.15, 0.2) is 5.78 Å². The first-order chi connectivity index (χ1) is 14.3. The average molecular weight is 613 g/mol. The Hall–Kier alpha value is -2.89. The second kappa shape index (κ2) is 8.69. The van der Waals surface area contributed by atoms with E-state index < -0.39 is 10.2 Å². The molecule has 1 heterocycles. The molecule has 6 nitrogen and oxygen atoms in total. The summed E-state index contributed by atoms with van der Waals surface area (Å²) < 4.78 is 31.7. The number of carbonyl (C=O) groups excluding carboxylic acids is 1. The zero-order valence-corrected chi connectivity index (χ0v) is 19.7. The fourth-order valence-electron chi connectivity index (χ4n) is 3.57. The normalized spacial score (nSPS) is 14.1. The van der Waals surface area contributed by atoms with Crippen molar-refractivity contribution in [2.45, 2.75) is 13.8 Å². The fourth-order valence-corrected chi connectivity index (χ4v) is 4.43. The maximum Gasteiger partial charge on any atom is 0.354 e. The molecule has 1 N–H and O–H groups in total. The van der Waals surface area contributed by atoms with Crippen LogP contribution < -0.4 is 10.7 Å². The molecule has 8 heteroatoms. The van der Waals surface area contributed by atoms with Gasteiger partial charge < -0.3 is 5.11 Å². The summed E-state index contributed by atoms with van der Waals surface area (Å²) in [5.74, 6) is -0.0625. The molecule has 0 spiro atoms. The van der Waals surface area contributed by atoms with Crippen LogP contribution in [0.2, 0.25) is 0 Å². The van der Waals surface area contributed by atoms with Gasteiger partial charge in [0, 0.05) is 37.9 Å². The minimum atomic E-state index is -3.83. The van der Waals surface area contributed by atoms with Crippen molar-refractivity contribution >= 4 is 48.3 Å². The second-order valence-corrected chi connectivity index (χ2v) is 8.15. The number of allylic oxidation sites excluding steroid dienone is 2. The fraction of sp³-hybridized carbons (Fsp3) is 0.0870. The maximum atomic E-state index is 12.0. The Bertz CT molecular complexity index is 1600. The van der Waals surface area contributed by atoms with Gasteiger partial charge in [0.2, 0.25) is 0 Å². The van der Waals surface area contributed by atoms with Crippen LogP contribution in [0.1, 0.15) is 13.8 Å². The number of rotatable bonds is 1. The molecule has 4 aromatic rings. The molecule has 0 fully saturated rings. The van der Waals surface area contributed by atoms with E-state index >= 15 is 0 Å². The van der Waals surface area contributed by atoms with Crippen LogP contribution >= 0.6 is 0 Å². The van der Waals surface area contributed by atoms with Gasteiger partial charge in [-0.1, -0.05) is 47.2 Å². The van der Waals surface area contributed by atoms with Crippen molar-refractivity contribution in [1.29, 1.82) is 0 Å². The molecule has 0 unspecified atom stereocenters. The third-order valence-electron chi connectivity index (χ3n) is 4.60. The van der Waals surface area contributed by atoms with Crippen LogP contribution in [-0.2, 0) is 36.1 Å². The molecule has 1 aliphatic heterocycles. The number of nitrogens with zero attached hydrogens (tertiary/aromatic N) is 2. The van der Waals surface area contributed by atoms with Gasteiger partial charge in [0.05, 0.1) is 11.1 Å². The summed E-state index contributed by atoms with van der Waals surface area (Å²) in [6, 6.07) is 20.7. The van der Waals surface area contributed by atoms with E-state index in [0.29, 0.717) is 16.1 Å². The second-order valence-electron chi connectivity index (χ2n) is 6.89. The summed E-state index contributed by atoms with van der Waals surface area (Å²) in [6.45, 7) is 2.85. The molecule has 0 amide bonds. The minimum Gasteiger partial charge on any atom is -0.512 e. The summed E-state index contributed by atoms with van der Waals surface area (Å²) in [5.41, 5.74) is 0. The average Bonchev–Trinajstić information content (AvgIpc) is 3.02. The number of benzene rings is 4. The van der Waals surface area contributed by atoms with Gasteiger partial charge in [-0.25, -0.2) is 0 Å². The van der Waals surface area contributed by atoms with Gasteiger partial charge in [0.25, 0.3) is 0 Å². The maximum absolute atomic E-state index is 12.0. The van der Waals surface area contributed by atoms with Crippen molar-refractivity contribution in [3.8, 4) is 0 Å². The molecule has 0 saturated heterocycles. The first-order valence-corrected chi connectivity index (χ1v) is 10.5. The van der Waals surface area contributed by atoms with Crippen LogP contribution in [0.25, 0.3) is 32.3 Å². The van der Waals surface area contributed by atoms with Crippen LogP contribution in [0.5, 0.6) is 0 Å². The van der Waals surface area contributed by atoms with Gasteiger partial charge in [0.1, 0.15) is 0 Å². The Balaban J connectivity index is 0.000000299. The number of aliphatic hydroxyl groups excluding tert-OH is 1. The summed E-state index contributed by atoms with van der Waals surface area (Å²) in [4.78, 5) is 10.0. The molecule has 0 atom stereocenters. The van der Waals surface area contributed by atoms with E-state index in [4.69, 9.17) is 5.11 Å². The van der Waals surface area contributed by atoms with E-state index in [0.717, 1.165) is 26.9 Å². The van der Waals surface area contributed by atoms with Crippen molar-refractivity contribution in [3.63, 3.8) is 0 Å². The van der Waals surface area contributed by atoms with E-state index in [1.165, 1.54) is 19.9 Å². The standard InChI is InChI=1S/C18H9N2O2S.C5H8O2.Pt/c21-23(22)19-17-15-8-4-3-7-13(15)14-10-9-11-5-1-2-6-12(11)16(14)18(17)20-23;1-4(6)3-5(2)7;/h1-7,9-10H;3,6H,1-2H3;/q-1;;/b;4-3-;. The molecule has 0 aromatic heterocycles. The quantitative estimate of drug-likeness (QED) is 0.154. The number of ketones is 1. The predicted molar refractivity (Wildman–Crippen MR) is 116 cm³/mol. The van der Waals surface area contributed by atoms with Crippen LogP contribution in [0, 0.1) is 6.07 Å². The Kier molecular flexibility index (Phi) is 6.39. The van der Waals surface area contributed by atoms with Crippen molar-refractivity contribution in [3.05, 3.63) is 83.2 Å². The molecular formula is C23H17N2O4PtS-. The molecule has 5 rings (SSSR count). The van der Waals surface area contributed by atoms with E-state index in [9.17, 15) is 13.2 Å². The van der Waals surface area contributed by atoms with Gasteiger partial charge in [-0.3, -0.25) is 4.79 Å². The summed E-state index contributed by atoms with van der Waals surface area (Å²) in [6.07, 6.45) is 1.17. The van der Waals surface area contributed by atoms with Crippen molar-refractivity contribution < 1.29 is 39.4 Å². The third kappa shape index (κ3) is 4.43. The number of aliphatic hydroxyl groups is 1. The van der Waals surface area contributed by atoms with Gasteiger partial charge in [-0.15, -0.1) is 29.7 Å². The first kappa shape index (κ1) is 22.8. The Morgan fingerprint density at radius 1 is 0.935 bits per heavy atom.